The Bertz CT molecular complexity index is 364. The van der Waals surface area contributed by atoms with Gasteiger partial charge in [-0.2, -0.15) is 0 Å². The second-order valence-corrected chi connectivity index (χ2v) is 4.98. The van der Waals surface area contributed by atoms with Crippen molar-refractivity contribution in [2.75, 3.05) is 33.4 Å². The van der Waals surface area contributed by atoms with Gasteiger partial charge in [0.1, 0.15) is 4.88 Å². The van der Waals surface area contributed by atoms with E-state index in [-0.39, 0.29) is 30.7 Å². The van der Waals surface area contributed by atoms with Crippen LogP contribution in [0.1, 0.15) is 28.0 Å². The molecule has 0 spiro atoms. The summed E-state index contributed by atoms with van der Waals surface area (Å²) in [5, 5.41) is 7.05. The van der Waals surface area contributed by atoms with Gasteiger partial charge in [0.25, 0.3) is 5.91 Å². The summed E-state index contributed by atoms with van der Waals surface area (Å²) in [7, 11) is 1.67. The smallest absolute Gasteiger partial charge is 0.263 e. The van der Waals surface area contributed by atoms with Crippen molar-refractivity contribution < 1.29 is 9.53 Å². The van der Waals surface area contributed by atoms with E-state index in [2.05, 4.69) is 22.5 Å². The van der Waals surface area contributed by atoms with Crippen molar-refractivity contribution in [3.8, 4) is 0 Å². The van der Waals surface area contributed by atoms with Gasteiger partial charge >= 0.3 is 0 Å². The summed E-state index contributed by atoms with van der Waals surface area (Å²) < 4.78 is 4.91. The second-order valence-electron chi connectivity index (χ2n) is 3.87. The number of hydrogen-bond donors (Lipinski definition) is 2. The van der Waals surface area contributed by atoms with Crippen LogP contribution >= 0.6 is 36.2 Å². The molecule has 0 saturated carbocycles. The van der Waals surface area contributed by atoms with Crippen LogP contribution in [0, 0.1) is 0 Å². The third-order valence-electron chi connectivity index (χ3n) is 2.31. The Balaban J connectivity index is 0. The third kappa shape index (κ3) is 8.71. The van der Waals surface area contributed by atoms with Gasteiger partial charge in [-0.1, -0.05) is 6.92 Å². The first-order valence-corrected chi connectivity index (χ1v) is 7.02. The number of thiazole rings is 1. The Morgan fingerprint density at radius 1 is 1.35 bits per heavy atom. The Morgan fingerprint density at radius 2 is 2.10 bits per heavy atom. The summed E-state index contributed by atoms with van der Waals surface area (Å²) in [6.07, 6.45) is 3.65. The molecule has 1 heterocycles. The number of halogens is 2. The molecule has 118 valence electrons. The number of ether oxygens (including phenoxy) is 1. The van der Waals surface area contributed by atoms with Crippen molar-refractivity contribution in [3.05, 3.63) is 16.1 Å². The first-order valence-electron chi connectivity index (χ1n) is 6.20. The number of nitrogens with one attached hydrogen (secondary N) is 2. The van der Waals surface area contributed by atoms with E-state index in [4.69, 9.17) is 4.74 Å². The van der Waals surface area contributed by atoms with E-state index in [9.17, 15) is 4.79 Å². The summed E-state index contributed by atoms with van der Waals surface area (Å²) in [4.78, 5) is 16.7. The largest absolute Gasteiger partial charge is 0.383 e. The van der Waals surface area contributed by atoms with Crippen LogP contribution in [0.5, 0.6) is 0 Å². The fourth-order valence-corrected chi connectivity index (χ4v) is 2.33. The van der Waals surface area contributed by atoms with Gasteiger partial charge in [-0.3, -0.25) is 4.79 Å². The highest BCUT2D eigenvalue weighted by atomic mass is 35.5. The number of aryl methyl sites for hydroxylation is 1. The molecule has 0 aromatic carbocycles. The average molecular weight is 344 g/mol. The normalized spacial score (nSPS) is 9.50. The molecule has 0 aliphatic carbocycles. The summed E-state index contributed by atoms with van der Waals surface area (Å²) in [6.45, 7) is 4.95. The van der Waals surface area contributed by atoms with E-state index >= 15 is 0 Å². The van der Waals surface area contributed by atoms with Gasteiger partial charge in [-0.15, -0.1) is 36.2 Å². The molecule has 1 rings (SSSR count). The molecule has 0 fully saturated rings. The van der Waals surface area contributed by atoms with Gasteiger partial charge in [-0.25, -0.2) is 4.98 Å². The van der Waals surface area contributed by atoms with E-state index in [0.29, 0.717) is 18.0 Å². The standard InChI is InChI=1S/C12H21N3O2S.2ClH/c1-3-4-11-15-9-10(18-11)12(16)14-6-5-13-7-8-17-2;;/h9,13H,3-8H2,1-2H3,(H,14,16);2*1H. The first kappa shape index (κ1) is 21.9. The van der Waals surface area contributed by atoms with Gasteiger partial charge in [0.2, 0.25) is 0 Å². The molecular formula is C12H23Cl2N3O2S. The van der Waals surface area contributed by atoms with Crippen LogP contribution in [0.15, 0.2) is 6.20 Å². The van der Waals surface area contributed by atoms with Crippen molar-refractivity contribution in [2.45, 2.75) is 19.8 Å². The quantitative estimate of drug-likeness (QED) is 0.672. The maximum Gasteiger partial charge on any atom is 0.263 e. The molecule has 1 aromatic rings. The Hall–Kier alpha value is -0.400. The van der Waals surface area contributed by atoms with Crippen LogP contribution in [0.3, 0.4) is 0 Å². The van der Waals surface area contributed by atoms with Crippen molar-refractivity contribution in [3.63, 3.8) is 0 Å². The van der Waals surface area contributed by atoms with Gasteiger partial charge in [0, 0.05) is 26.7 Å². The van der Waals surface area contributed by atoms with Crippen molar-refractivity contribution >= 4 is 42.1 Å². The zero-order valence-electron chi connectivity index (χ0n) is 11.8. The van der Waals surface area contributed by atoms with E-state index in [1.807, 2.05) is 0 Å². The number of amides is 1. The van der Waals surface area contributed by atoms with E-state index in [1.165, 1.54) is 11.3 Å². The zero-order valence-corrected chi connectivity index (χ0v) is 14.3. The maximum absolute atomic E-state index is 11.8. The van der Waals surface area contributed by atoms with Gasteiger partial charge in [0.15, 0.2) is 0 Å². The molecule has 5 nitrogen and oxygen atoms in total. The minimum Gasteiger partial charge on any atom is -0.383 e. The maximum atomic E-state index is 11.8. The third-order valence-corrected chi connectivity index (χ3v) is 3.37. The lowest BCUT2D eigenvalue weighted by atomic mass is 10.4. The minimum absolute atomic E-state index is 0. The SMILES string of the molecule is CCCc1ncc(C(=O)NCCNCCOC)s1.Cl.Cl. The van der Waals surface area contributed by atoms with Crippen LogP contribution in [0.2, 0.25) is 0 Å². The highest BCUT2D eigenvalue weighted by molar-refractivity contribution is 7.13. The number of rotatable bonds is 9. The minimum atomic E-state index is -0.0385. The molecule has 0 radical (unpaired) electrons. The average Bonchev–Trinajstić information content (AvgIpc) is 2.82. The zero-order chi connectivity index (χ0) is 13.2. The number of nitrogens with zero attached hydrogens (tertiary/aromatic N) is 1. The molecule has 0 unspecified atom stereocenters. The molecule has 2 N–H and O–H groups in total. The molecule has 0 aliphatic rings. The lowest BCUT2D eigenvalue weighted by Gasteiger charge is -2.04. The number of aromatic nitrogens is 1. The number of carbonyl (C=O) groups excluding carboxylic acids is 1. The molecule has 0 saturated heterocycles. The van der Waals surface area contributed by atoms with Gasteiger partial charge in [-0.05, 0) is 12.8 Å². The van der Waals surface area contributed by atoms with Crippen LogP contribution in [-0.2, 0) is 11.2 Å². The second kappa shape index (κ2) is 13.6. The highest BCUT2D eigenvalue weighted by Gasteiger charge is 2.09. The number of methoxy groups -OCH3 is 1. The van der Waals surface area contributed by atoms with Crippen LogP contribution in [0.4, 0.5) is 0 Å². The molecule has 1 amide bonds. The molecular weight excluding hydrogens is 321 g/mol. The molecule has 8 heteroatoms. The molecule has 0 bridgehead atoms. The highest BCUT2D eigenvalue weighted by Crippen LogP contribution is 2.14. The lowest BCUT2D eigenvalue weighted by molar-refractivity contribution is 0.0957. The molecule has 0 atom stereocenters. The predicted octanol–water partition coefficient (Wildman–Crippen LogP) is 1.91. The van der Waals surface area contributed by atoms with Crippen LogP contribution in [-0.4, -0.2) is 44.2 Å². The summed E-state index contributed by atoms with van der Waals surface area (Å²) in [5.41, 5.74) is 0. The van der Waals surface area contributed by atoms with E-state index in [1.54, 1.807) is 13.3 Å². The van der Waals surface area contributed by atoms with E-state index < -0.39 is 0 Å². The summed E-state index contributed by atoms with van der Waals surface area (Å²) in [5.74, 6) is -0.0385. The summed E-state index contributed by atoms with van der Waals surface area (Å²) in [6, 6.07) is 0. The Kier molecular flexibility index (Phi) is 14.9. The van der Waals surface area contributed by atoms with Crippen molar-refractivity contribution in [1.29, 1.82) is 0 Å². The lowest BCUT2D eigenvalue weighted by Crippen LogP contribution is -2.32. The topological polar surface area (TPSA) is 63.2 Å². The monoisotopic (exact) mass is 343 g/mol. The molecule has 0 aliphatic heterocycles. The summed E-state index contributed by atoms with van der Waals surface area (Å²) >= 11 is 1.47. The predicted molar refractivity (Wildman–Crippen MR) is 87.7 cm³/mol. The van der Waals surface area contributed by atoms with Crippen LogP contribution in [0.25, 0.3) is 0 Å². The van der Waals surface area contributed by atoms with Crippen molar-refractivity contribution in [1.82, 2.24) is 15.6 Å². The first-order chi connectivity index (χ1) is 8.77. The van der Waals surface area contributed by atoms with Crippen LogP contribution < -0.4 is 10.6 Å². The Labute approximate surface area is 136 Å². The van der Waals surface area contributed by atoms with Gasteiger partial charge in [0.05, 0.1) is 17.8 Å². The molecule has 1 aromatic heterocycles. The fraction of sp³-hybridized carbons (Fsp3) is 0.667. The number of hydrogen-bond acceptors (Lipinski definition) is 5. The van der Waals surface area contributed by atoms with Crippen molar-refractivity contribution in [2.24, 2.45) is 0 Å². The fourth-order valence-electron chi connectivity index (χ4n) is 1.40. The number of carbonyl (C=O) groups is 1. The van der Waals surface area contributed by atoms with Gasteiger partial charge < -0.3 is 15.4 Å². The Morgan fingerprint density at radius 3 is 2.75 bits per heavy atom. The molecule has 20 heavy (non-hydrogen) atoms. The van der Waals surface area contributed by atoms with E-state index in [0.717, 1.165) is 30.9 Å².